The molecule has 2 aromatic rings. The molecule has 0 aliphatic carbocycles. The summed E-state index contributed by atoms with van der Waals surface area (Å²) in [5, 5.41) is 0. The van der Waals surface area contributed by atoms with Crippen molar-refractivity contribution in [1.29, 1.82) is 0 Å². The number of ether oxygens (including phenoxy) is 1. The monoisotopic (exact) mass is 326 g/mol. The minimum atomic E-state index is 0.424. The molecule has 82 valence electrons. The fraction of sp³-hybridized carbons (Fsp3) is 0.0833. The van der Waals surface area contributed by atoms with Crippen molar-refractivity contribution < 1.29 is 4.74 Å². The van der Waals surface area contributed by atoms with E-state index in [1.807, 2.05) is 30.3 Å². The topological polar surface area (TPSA) is 48.1 Å². The third kappa shape index (κ3) is 2.70. The predicted molar refractivity (Wildman–Crippen MR) is 71.4 cm³/mol. The summed E-state index contributed by atoms with van der Waals surface area (Å²) in [6.07, 6.45) is 3.42. The molecule has 0 bridgehead atoms. The van der Waals surface area contributed by atoms with Crippen molar-refractivity contribution in [2.24, 2.45) is 5.73 Å². The van der Waals surface area contributed by atoms with Gasteiger partial charge in [-0.05, 0) is 46.9 Å². The van der Waals surface area contributed by atoms with Gasteiger partial charge in [0.1, 0.15) is 11.5 Å². The van der Waals surface area contributed by atoms with Crippen LogP contribution in [0.25, 0.3) is 0 Å². The maximum Gasteiger partial charge on any atom is 0.134 e. The Kier molecular flexibility index (Phi) is 3.74. The molecule has 0 saturated carbocycles. The number of aromatic nitrogens is 1. The first-order valence-corrected chi connectivity index (χ1v) is 5.94. The number of benzene rings is 1. The molecule has 0 spiro atoms. The fourth-order valence-corrected chi connectivity index (χ4v) is 1.84. The van der Waals surface area contributed by atoms with Crippen molar-refractivity contribution >= 4 is 22.6 Å². The molecule has 1 heterocycles. The molecule has 1 aromatic heterocycles. The van der Waals surface area contributed by atoms with E-state index in [1.54, 1.807) is 12.4 Å². The molecular weight excluding hydrogens is 315 g/mol. The summed E-state index contributed by atoms with van der Waals surface area (Å²) in [6.45, 7) is 0.424. The number of hydrogen-bond donors (Lipinski definition) is 1. The number of nitrogens with zero attached hydrogens (tertiary/aromatic N) is 1. The van der Waals surface area contributed by atoms with Crippen LogP contribution in [0.2, 0.25) is 0 Å². The first-order chi connectivity index (χ1) is 7.79. The van der Waals surface area contributed by atoms with E-state index in [1.165, 1.54) is 0 Å². The van der Waals surface area contributed by atoms with Crippen LogP contribution in [0.3, 0.4) is 0 Å². The van der Waals surface area contributed by atoms with Crippen LogP contribution in [0.4, 0.5) is 0 Å². The highest BCUT2D eigenvalue weighted by Gasteiger charge is 2.03. The van der Waals surface area contributed by atoms with Crippen LogP contribution in [0.15, 0.2) is 42.7 Å². The summed E-state index contributed by atoms with van der Waals surface area (Å²) in [5.74, 6) is 1.58. The summed E-state index contributed by atoms with van der Waals surface area (Å²) >= 11 is 2.25. The molecule has 3 nitrogen and oxygen atoms in total. The minimum absolute atomic E-state index is 0.424. The molecule has 0 unspecified atom stereocenters. The van der Waals surface area contributed by atoms with E-state index in [4.69, 9.17) is 10.5 Å². The standard InChI is InChI=1S/C12H11IN2O/c13-10-2-1-3-11(6-10)16-12-4-5-15-8-9(12)7-14/h1-6,8H,7,14H2. The minimum Gasteiger partial charge on any atom is -0.457 e. The third-order valence-electron chi connectivity index (χ3n) is 2.10. The van der Waals surface area contributed by atoms with Gasteiger partial charge in [-0.1, -0.05) is 6.07 Å². The van der Waals surface area contributed by atoms with Gasteiger partial charge in [0.05, 0.1) is 0 Å². The second-order valence-corrected chi connectivity index (χ2v) is 4.49. The molecule has 2 N–H and O–H groups in total. The lowest BCUT2D eigenvalue weighted by atomic mass is 10.2. The van der Waals surface area contributed by atoms with Gasteiger partial charge in [-0.25, -0.2) is 0 Å². The second-order valence-electron chi connectivity index (χ2n) is 3.25. The summed E-state index contributed by atoms with van der Waals surface area (Å²) in [7, 11) is 0. The molecular formula is C12H11IN2O. The second kappa shape index (κ2) is 5.27. The maximum atomic E-state index is 5.76. The number of nitrogens with two attached hydrogens (primary N) is 1. The predicted octanol–water partition coefficient (Wildman–Crippen LogP) is 2.94. The van der Waals surface area contributed by atoms with Gasteiger partial charge in [-0.2, -0.15) is 0 Å². The Balaban J connectivity index is 2.26. The lowest BCUT2D eigenvalue weighted by Crippen LogP contribution is -1.99. The van der Waals surface area contributed by atoms with Crippen molar-refractivity contribution in [2.75, 3.05) is 0 Å². The van der Waals surface area contributed by atoms with Crippen LogP contribution in [0.5, 0.6) is 11.5 Å². The van der Waals surface area contributed by atoms with Gasteiger partial charge in [-0.15, -0.1) is 0 Å². The van der Waals surface area contributed by atoms with Gasteiger partial charge in [0.25, 0.3) is 0 Å². The van der Waals surface area contributed by atoms with Gasteiger partial charge < -0.3 is 10.5 Å². The highest BCUT2D eigenvalue weighted by Crippen LogP contribution is 2.25. The zero-order chi connectivity index (χ0) is 11.4. The van der Waals surface area contributed by atoms with E-state index in [0.29, 0.717) is 6.54 Å². The Bertz CT molecular complexity index is 488. The molecule has 16 heavy (non-hydrogen) atoms. The number of pyridine rings is 1. The van der Waals surface area contributed by atoms with Crippen LogP contribution < -0.4 is 10.5 Å². The molecule has 0 fully saturated rings. The van der Waals surface area contributed by atoms with Crippen molar-refractivity contribution in [2.45, 2.75) is 6.54 Å². The number of hydrogen-bond acceptors (Lipinski definition) is 3. The van der Waals surface area contributed by atoms with E-state index in [2.05, 4.69) is 27.6 Å². The van der Waals surface area contributed by atoms with Crippen LogP contribution >= 0.6 is 22.6 Å². The van der Waals surface area contributed by atoms with Gasteiger partial charge in [0, 0.05) is 28.1 Å². The Morgan fingerprint density at radius 3 is 2.94 bits per heavy atom. The van der Waals surface area contributed by atoms with Crippen LogP contribution in [-0.4, -0.2) is 4.98 Å². The van der Waals surface area contributed by atoms with Crippen LogP contribution in [0, 0.1) is 3.57 Å². The fourth-order valence-electron chi connectivity index (χ4n) is 1.32. The SMILES string of the molecule is NCc1cnccc1Oc1cccc(I)c1. The van der Waals surface area contributed by atoms with Crippen LogP contribution in [-0.2, 0) is 6.54 Å². The largest absolute Gasteiger partial charge is 0.457 e. The van der Waals surface area contributed by atoms with E-state index in [-0.39, 0.29) is 0 Å². The molecule has 0 atom stereocenters. The Hall–Kier alpha value is -1.14. The quantitative estimate of drug-likeness (QED) is 0.883. The molecule has 0 aliphatic heterocycles. The summed E-state index contributed by atoms with van der Waals surface area (Å²) in [6, 6.07) is 9.69. The van der Waals surface area contributed by atoms with Crippen molar-refractivity contribution in [1.82, 2.24) is 4.98 Å². The summed E-state index contributed by atoms with van der Waals surface area (Å²) in [4.78, 5) is 4.01. The Morgan fingerprint density at radius 1 is 1.31 bits per heavy atom. The van der Waals surface area contributed by atoms with E-state index >= 15 is 0 Å². The highest BCUT2D eigenvalue weighted by molar-refractivity contribution is 14.1. The van der Waals surface area contributed by atoms with E-state index in [9.17, 15) is 0 Å². The lowest BCUT2D eigenvalue weighted by molar-refractivity contribution is 0.475. The molecule has 4 heteroatoms. The molecule has 0 radical (unpaired) electrons. The smallest absolute Gasteiger partial charge is 0.134 e. The summed E-state index contributed by atoms with van der Waals surface area (Å²) in [5.41, 5.74) is 6.52. The first kappa shape index (κ1) is 11.3. The zero-order valence-electron chi connectivity index (χ0n) is 8.56. The van der Waals surface area contributed by atoms with Crippen molar-refractivity contribution in [3.05, 3.63) is 51.9 Å². The maximum absolute atomic E-state index is 5.76. The first-order valence-electron chi connectivity index (χ1n) is 4.86. The molecule has 0 saturated heterocycles. The van der Waals surface area contributed by atoms with Gasteiger partial charge in [0.15, 0.2) is 0 Å². The molecule has 0 amide bonds. The Morgan fingerprint density at radius 2 is 2.19 bits per heavy atom. The summed E-state index contributed by atoms with van der Waals surface area (Å²) < 4.78 is 6.89. The molecule has 0 aliphatic rings. The number of rotatable bonds is 3. The van der Waals surface area contributed by atoms with Gasteiger partial charge in [0.2, 0.25) is 0 Å². The molecule has 2 rings (SSSR count). The third-order valence-corrected chi connectivity index (χ3v) is 2.77. The molecule has 1 aromatic carbocycles. The zero-order valence-corrected chi connectivity index (χ0v) is 10.7. The average molecular weight is 326 g/mol. The van der Waals surface area contributed by atoms with Gasteiger partial charge >= 0.3 is 0 Å². The van der Waals surface area contributed by atoms with Crippen molar-refractivity contribution in [3.63, 3.8) is 0 Å². The highest BCUT2D eigenvalue weighted by atomic mass is 127. The van der Waals surface area contributed by atoms with Crippen LogP contribution in [0.1, 0.15) is 5.56 Å². The van der Waals surface area contributed by atoms with E-state index in [0.717, 1.165) is 20.6 Å². The normalized spacial score (nSPS) is 10.1. The van der Waals surface area contributed by atoms with Crippen molar-refractivity contribution in [3.8, 4) is 11.5 Å². The van der Waals surface area contributed by atoms with E-state index < -0.39 is 0 Å². The Labute approximate surface area is 108 Å². The van der Waals surface area contributed by atoms with Gasteiger partial charge in [-0.3, -0.25) is 4.98 Å². The number of halogens is 1. The lowest BCUT2D eigenvalue weighted by Gasteiger charge is -2.09. The average Bonchev–Trinajstić information content (AvgIpc) is 2.30.